The number of likely N-dealkylation sites (tertiary alicyclic amines) is 1. The summed E-state index contributed by atoms with van der Waals surface area (Å²) in [6.45, 7) is 1.26. The first-order valence-electron chi connectivity index (χ1n) is 10.1. The number of pyridine rings is 1. The van der Waals surface area contributed by atoms with Gasteiger partial charge in [-0.2, -0.15) is 13.2 Å². The highest BCUT2D eigenvalue weighted by atomic mass is 35.5. The van der Waals surface area contributed by atoms with Crippen LogP contribution in [0.5, 0.6) is 5.75 Å². The molecule has 1 fully saturated rings. The number of aliphatic hydroxyl groups is 1. The molecule has 1 saturated heterocycles. The summed E-state index contributed by atoms with van der Waals surface area (Å²) < 4.78 is 45.1. The summed E-state index contributed by atoms with van der Waals surface area (Å²) in [5.74, 6) is -0.419. The molecule has 1 aliphatic heterocycles. The van der Waals surface area contributed by atoms with Gasteiger partial charge in [-0.25, -0.2) is 0 Å². The van der Waals surface area contributed by atoms with Crippen molar-refractivity contribution in [1.82, 2.24) is 15.2 Å². The van der Waals surface area contributed by atoms with Gasteiger partial charge >= 0.3 is 6.18 Å². The minimum atomic E-state index is -4.89. The van der Waals surface area contributed by atoms with Gasteiger partial charge in [0.25, 0.3) is 5.91 Å². The Morgan fingerprint density at radius 3 is 2.55 bits per heavy atom. The van der Waals surface area contributed by atoms with Crippen LogP contribution in [-0.4, -0.2) is 59.3 Å². The van der Waals surface area contributed by atoms with Gasteiger partial charge in [-0.15, -0.1) is 0 Å². The molecule has 0 saturated carbocycles. The molecular formula is C21H22Cl2F3N3O4. The first kappa shape index (κ1) is 25.4. The number of nitrogens with zero attached hydrogens (tertiary/aromatic N) is 1. The van der Waals surface area contributed by atoms with Gasteiger partial charge in [0.15, 0.2) is 0 Å². The molecule has 1 amide bonds. The van der Waals surface area contributed by atoms with E-state index in [4.69, 9.17) is 27.9 Å². The van der Waals surface area contributed by atoms with Crippen molar-refractivity contribution in [3.05, 3.63) is 62.0 Å². The van der Waals surface area contributed by atoms with E-state index in [1.165, 1.54) is 0 Å². The predicted molar refractivity (Wildman–Crippen MR) is 117 cm³/mol. The van der Waals surface area contributed by atoms with Crippen LogP contribution in [0.2, 0.25) is 10.0 Å². The molecule has 12 heteroatoms. The van der Waals surface area contributed by atoms with Crippen LogP contribution in [0.1, 0.15) is 28.9 Å². The third kappa shape index (κ3) is 7.10. The van der Waals surface area contributed by atoms with Crippen molar-refractivity contribution in [2.75, 3.05) is 26.2 Å². The Kier molecular flexibility index (Phi) is 8.28. The molecule has 3 N–H and O–H groups in total. The molecule has 1 aromatic heterocycles. The largest absolute Gasteiger partial charge is 0.490 e. The van der Waals surface area contributed by atoms with Gasteiger partial charge < -0.3 is 25.0 Å². The van der Waals surface area contributed by atoms with Gasteiger partial charge in [0, 0.05) is 38.3 Å². The van der Waals surface area contributed by atoms with Gasteiger partial charge in [0.05, 0.1) is 21.7 Å². The fourth-order valence-electron chi connectivity index (χ4n) is 3.51. The third-order valence-corrected chi connectivity index (χ3v) is 5.88. The van der Waals surface area contributed by atoms with E-state index in [-0.39, 0.29) is 19.2 Å². The Bertz CT molecular complexity index is 1040. The molecular weight excluding hydrogens is 486 g/mol. The summed E-state index contributed by atoms with van der Waals surface area (Å²) in [6.07, 6.45) is -4.51. The predicted octanol–water partition coefficient (Wildman–Crippen LogP) is 3.33. The molecule has 1 aliphatic rings. The molecule has 2 heterocycles. The molecule has 2 aromatic rings. The highest BCUT2D eigenvalue weighted by molar-refractivity contribution is 6.42. The van der Waals surface area contributed by atoms with Gasteiger partial charge in [0.2, 0.25) is 5.56 Å². The Morgan fingerprint density at radius 1 is 1.21 bits per heavy atom. The number of amides is 1. The van der Waals surface area contributed by atoms with Crippen LogP contribution in [0.25, 0.3) is 0 Å². The minimum Gasteiger partial charge on any atom is -0.490 e. The van der Waals surface area contributed by atoms with E-state index in [0.29, 0.717) is 41.7 Å². The number of rotatable bonds is 7. The van der Waals surface area contributed by atoms with E-state index in [0.717, 1.165) is 12.1 Å². The van der Waals surface area contributed by atoms with Crippen molar-refractivity contribution >= 4 is 29.1 Å². The average molecular weight is 508 g/mol. The van der Waals surface area contributed by atoms with Crippen LogP contribution in [0, 0.1) is 0 Å². The second-order valence-electron chi connectivity index (χ2n) is 7.67. The van der Waals surface area contributed by atoms with Crippen LogP contribution < -0.4 is 15.6 Å². The highest BCUT2D eigenvalue weighted by Gasteiger charge is 2.36. The summed E-state index contributed by atoms with van der Waals surface area (Å²) >= 11 is 11.9. The van der Waals surface area contributed by atoms with Gasteiger partial charge in [0.1, 0.15) is 17.5 Å². The van der Waals surface area contributed by atoms with E-state index >= 15 is 0 Å². The number of halogens is 5. The maximum atomic E-state index is 13.1. The summed E-state index contributed by atoms with van der Waals surface area (Å²) in [7, 11) is 0. The first-order chi connectivity index (χ1) is 15.5. The number of carbonyl (C=O) groups excluding carboxylic acids is 1. The van der Waals surface area contributed by atoms with E-state index in [1.807, 2.05) is 4.90 Å². The molecule has 7 nitrogen and oxygen atoms in total. The van der Waals surface area contributed by atoms with Gasteiger partial charge in [-0.05, 0) is 31.0 Å². The molecule has 0 radical (unpaired) electrons. The average Bonchev–Trinajstić information content (AvgIpc) is 2.75. The summed E-state index contributed by atoms with van der Waals surface area (Å²) in [6, 6.07) is 6.69. The van der Waals surface area contributed by atoms with E-state index in [9.17, 15) is 27.9 Å². The lowest BCUT2D eigenvalue weighted by Crippen LogP contribution is -2.45. The molecule has 0 aliphatic carbocycles. The number of aliphatic hydroxyl groups excluding tert-OH is 1. The Balaban J connectivity index is 1.45. The smallest absolute Gasteiger partial charge is 0.432 e. The Morgan fingerprint density at radius 2 is 1.91 bits per heavy atom. The third-order valence-electron chi connectivity index (χ3n) is 5.14. The van der Waals surface area contributed by atoms with Crippen molar-refractivity contribution in [3.8, 4) is 5.75 Å². The number of H-pyrrole nitrogens is 1. The SMILES string of the molecule is O=C(NCC(O)CN1CCC(Oc2ccc(Cl)c(Cl)c2)CC1)c1ccc(=O)[nH]c1C(F)(F)F. The fraction of sp³-hybridized carbons (Fsp3) is 0.429. The zero-order valence-electron chi connectivity index (χ0n) is 17.3. The second-order valence-corrected chi connectivity index (χ2v) is 8.48. The molecule has 3 rings (SSSR count). The van der Waals surface area contributed by atoms with Crippen molar-refractivity contribution < 1.29 is 27.8 Å². The highest BCUT2D eigenvalue weighted by Crippen LogP contribution is 2.30. The van der Waals surface area contributed by atoms with Crippen molar-refractivity contribution in [1.29, 1.82) is 0 Å². The normalized spacial score (nSPS) is 16.4. The molecule has 33 heavy (non-hydrogen) atoms. The fourth-order valence-corrected chi connectivity index (χ4v) is 3.80. The summed E-state index contributed by atoms with van der Waals surface area (Å²) in [5, 5.41) is 13.4. The molecule has 1 aromatic carbocycles. The Hall–Kier alpha value is -2.27. The van der Waals surface area contributed by atoms with Crippen molar-refractivity contribution in [2.24, 2.45) is 0 Å². The number of carbonyl (C=O) groups is 1. The lowest BCUT2D eigenvalue weighted by molar-refractivity contribution is -0.141. The number of benzene rings is 1. The van der Waals surface area contributed by atoms with Crippen LogP contribution >= 0.6 is 23.2 Å². The lowest BCUT2D eigenvalue weighted by Gasteiger charge is -2.33. The van der Waals surface area contributed by atoms with Crippen molar-refractivity contribution in [2.45, 2.75) is 31.2 Å². The summed E-state index contributed by atoms with van der Waals surface area (Å²) in [5.41, 5.74) is -3.11. The Labute approximate surface area is 197 Å². The number of alkyl halides is 3. The molecule has 1 unspecified atom stereocenters. The van der Waals surface area contributed by atoms with Crippen LogP contribution in [0.15, 0.2) is 35.1 Å². The number of hydrogen-bond acceptors (Lipinski definition) is 5. The number of aromatic amines is 1. The van der Waals surface area contributed by atoms with Crippen LogP contribution in [0.3, 0.4) is 0 Å². The number of β-amino-alcohol motifs (C(OH)–C–C–N with tert-alkyl or cyclic N) is 1. The number of ether oxygens (including phenoxy) is 1. The zero-order chi connectivity index (χ0) is 24.2. The standard InChI is InChI=1S/C21H22Cl2F3N3O4/c22-16-3-1-14(9-17(16)23)33-13-5-7-29(8-6-13)11-12(30)10-27-20(32)15-2-4-18(31)28-19(15)21(24,25)26/h1-4,9,12-13,30H,5-8,10-11H2,(H,27,32)(H,28,31). The minimum absolute atomic E-state index is 0.0311. The number of hydrogen-bond donors (Lipinski definition) is 3. The van der Waals surface area contributed by atoms with Crippen LogP contribution in [-0.2, 0) is 6.18 Å². The number of aromatic nitrogens is 1. The molecule has 0 bridgehead atoms. The lowest BCUT2D eigenvalue weighted by atomic mass is 10.1. The van der Waals surface area contributed by atoms with E-state index in [1.54, 1.807) is 23.2 Å². The maximum absolute atomic E-state index is 13.1. The quantitative estimate of drug-likeness (QED) is 0.534. The van der Waals surface area contributed by atoms with E-state index < -0.39 is 35.0 Å². The molecule has 1 atom stereocenters. The topological polar surface area (TPSA) is 94.7 Å². The van der Waals surface area contributed by atoms with Crippen molar-refractivity contribution in [3.63, 3.8) is 0 Å². The monoisotopic (exact) mass is 507 g/mol. The summed E-state index contributed by atoms with van der Waals surface area (Å²) in [4.78, 5) is 27.0. The molecule has 0 spiro atoms. The number of nitrogens with one attached hydrogen (secondary N) is 2. The second kappa shape index (κ2) is 10.8. The molecule has 180 valence electrons. The maximum Gasteiger partial charge on any atom is 0.432 e. The van der Waals surface area contributed by atoms with Crippen LogP contribution in [0.4, 0.5) is 13.2 Å². The van der Waals surface area contributed by atoms with Gasteiger partial charge in [-0.1, -0.05) is 23.2 Å². The first-order valence-corrected chi connectivity index (χ1v) is 10.9. The van der Waals surface area contributed by atoms with Gasteiger partial charge in [-0.3, -0.25) is 9.59 Å². The number of piperidine rings is 1. The van der Waals surface area contributed by atoms with E-state index in [2.05, 4.69) is 5.32 Å². The zero-order valence-corrected chi connectivity index (χ0v) is 18.8.